The van der Waals surface area contributed by atoms with Gasteiger partial charge in [-0.05, 0) is 36.5 Å². The van der Waals surface area contributed by atoms with E-state index in [-0.39, 0.29) is 0 Å². The van der Waals surface area contributed by atoms with Gasteiger partial charge in [0, 0.05) is 4.47 Å². The Morgan fingerprint density at radius 1 is 1.11 bits per heavy atom. The van der Waals surface area contributed by atoms with Gasteiger partial charge in [-0.2, -0.15) is 0 Å². The maximum Gasteiger partial charge on any atom is 0.120 e. The lowest BCUT2D eigenvalue weighted by molar-refractivity contribution is 0.275. The number of hydrogen-bond acceptors (Lipinski definition) is 1. The topological polar surface area (TPSA) is 9.23 Å². The molecule has 1 aromatic carbocycles. The molecule has 1 rings (SSSR count). The molecule has 0 N–H and O–H groups in total. The summed E-state index contributed by atoms with van der Waals surface area (Å²) >= 11 is 3.45. The highest BCUT2D eigenvalue weighted by molar-refractivity contribution is 9.10. The van der Waals surface area contributed by atoms with E-state index in [2.05, 4.69) is 36.7 Å². The van der Waals surface area contributed by atoms with Crippen molar-refractivity contribution in [3.63, 3.8) is 0 Å². The van der Waals surface area contributed by atoms with Crippen molar-refractivity contribution in [2.75, 3.05) is 6.61 Å². The van der Waals surface area contributed by atoms with Crippen LogP contribution in [0.5, 0.6) is 5.75 Å². The maximum absolute atomic E-state index is 5.75. The smallest absolute Gasteiger partial charge is 0.120 e. The van der Waals surface area contributed by atoms with Crippen LogP contribution in [0.3, 0.4) is 0 Å². The van der Waals surface area contributed by atoms with E-state index >= 15 is 0 Å². The van der Waals surface area contributed by atoms with E-state index in [0.29, 0.717) is 0 Å². The van der Waals surface area contributed by atoms with Gasteiger partial charge in [0.15, 0.2) is 0 Å². The van der Waals surface area contributed by atoms with Crippen molar-refractivity contribution in [3.05, 3.63) is 28.7 Å². The molecular formula is C16H25BrO. The maximum atomic E-state index is 5.75. The Labute approximate surface area is 120 Å². The van der Waals surface area contributed by atoms with Gasteiger partial charge in [-0.25, -0.2) is 0 Å². The van der Waals surface area contributed by atoms with Gasteiger partial charge in [0.05, 0.1) is 6.61 Å². The third-order valence-electron chi connectivity index (χ3n) is 3.15. The molecule has 0 aliphatic carbocycles. The van der Waals surface area contributed by atoms with E-state index in [4.69, 9.17) is 4.74 Å². The van der Waals surface area contributed by atoms with Gasteiger partial charge in [0.1, 0.15) is 5.75 Å². The lowest BCUT2D eigenvalue weighted by Gasteiger charge is -2.13. The van der Waals surface area contributed by atoms with Gasteiger partial charge in [-0.15, -0.1) is 0 Å². The second-order valence-electron chi connectivity index (χ2n) is 5.52. The second-order valence-corrected chi connectivity index (χ2v) is 6.44. The Bertz CT molecular complexity index is 336. The Kier molecular flexibility index (Phi) is 7.41. The first-order valence-electron chi connectivity index (χ1n) is 6.96. The van der Waals surface area contributed by atoms with Crippen LogP contribution >= 0.6 is 15.9 Å². The van der Waals surface area contributed by atoms with Crippen LogP contribution in [-0.4, -0.2) is 6.61 Å². The van der Waals surface area contributed by atoms with Crippen LogP contribution < -0.4 is 4.74 Å². The van der Waals surface area contributed by atoms with Crippen molar-refractivity contribution in [2.45, 2.75) is 46.5 Å². The van der Waals surface area contributed by atoms with Crippen molar-refractivity contribution in [3.8, 4) is 5.75 Å². The molecule has 1 aromatic rings. The fourth-order valence-corrected chi connectivity index (χ4v) is 2.33. The van der Waals surface area contributed by atoms with Crippen LogP contribution in [-0.2, 0) is 0 Å². The van der Waals surface area contributed by atoms with Gasteiger partial charge < -0.3 is 4.74 Å². The Balaban J connectivity index is 2.13. The molecule has 0 aliphatic heterocycles. The van der Waals surface area contributed by atoms with E-state index in [0.717, 1.165) is 35.1 Å². The normalized spacial score (nSPS) is 12.7. The van der Waals surface area contributed by atoms with Crippen LogP contribution in [0.15, 0.2) is 28.7 Å². The first-order valence-corrected chi connectivity index (χ1v) is 7.75. The molecule has 0 saturated heterocycles. The summed E-state index contributed by atoms with van der Waals surface area (Å²) in [6.07, 6.45) is 5.15. The summed E-state index contributed by atoms with van der Waals surface area (Å²) in [6, 6.07) is 8.05. The molecule has 0 saturated carbocycles. The Morgan fingerprint density at radius 2 is 1.89 bits per heavy atom. The van der Waals surface area contributed by atoms with E-state index in [1.54, 1.807) is 0 Å². The quantitative estimate of drug-likeness (QED) is 0.600. The fourth-order valence-electron chi connectivity index (χ4n) is 1.95. The minimum Gasteiger partial charge on any atom is -0.494 e. The van der Waals surface area contributed by atoms with E-state index in [9.17, 15) is 0 Å². The van der Waals surface area contributed by atoms with Crippen LogP contribution in [0.2, 0.25) is 0 Å². The zero-order valence-corrected chi connectivity index (χ0v) is 13.4. The van der Waals surface area contributed by atoms with Gasteiger partial charge in [0.2, 0.25) is 0 Å². The number of hydrogen-bond donors (Lipinski definition) is 0. The number of rotatable bonds is 8. The molecule has 0 amide bonds. The van der Waals surface area contributed by atoms with Crippen molar-refractivity contribution in [1.82, 2.24) is 0 Å². The molecular weight excluding hydrogens is 288 g/mol. The summed E-state index contributed by atoms with van der Waals surface area (Å²) in [7, 11) is 0. The molecule has 0 aromatic heterocycles. The molecule has 1 nitrogen and oxygen atoms in total. The highest BCUT2D eigenvalue weighted by Gasteiger charge is 2.04. The molecule has 0 spiro atoms. The summed E-state index contributed by atoms with van der Waals surface area (Å²) in [6.45, 7) is 7.73. The largest absolute Gasteiger partial charge is 0.494 e. The molecule has 102 valence electrons. The molecule has 0 heterocycles. The average molecular weight is 313 g/mol. The van der Waals surface area contributed by atoms with E-state index in [1.807, 2.05) is 24.3 Å². The third-order valence-corrected chi connectivity index (χ3v) is 3.65. The fraction of sp³-hybridized carbons (Fsp3) is 0.625. The summed E-state index contributed by atoms with van der Waals surface area (Å²) in [5.41, 5.74) is 0. The van der Waals surface area contributed by atoms with Crippen molar-refractivity contribution in [1.29, 1.82) is 0 Å². The predicted molar refractivity (Wildman–Crippen MR) is 82.1 cm³/mol. The van der Waals surface area contributed by atoms with Crippen LogP contribution in [0, 0.1) is 11.8 Å². The monoisotopic (exact) mass is 312 g/mol. The van der Waals surface area contributed by atoms with Gasteiger partial charge >= 0.3 is 0 Å². The van der Waals surface area contributed by atoms with Gasteiger partial charge in [-0.1, -0.05) is 62.0 Å². The minimum atomic E-state index is 0.760. The number of ether oxygens (including phenoxy) is 1. The Morgan fingerprint density at radius 3 is 2.56 bits per heavy atom. The van der Waals surface area contributed by atoms with Crippen LogP contribution in [0.1, 0.15) is 46.5 Å². The zero-order chi connectivity index (χ0) is 13.4. The summed E-state index contributed by atoms with van der Waals surface area (Å²) < 4.78 is 6.83. The average Bonchev–Trinajstić information content (AvgIpc) is 2.28. The lowest BCUT2D eigenvalue weighted by Crippen LogP contribution is -2.04. The Hall–Kier alpha value is -0.500. The molecule has 0 aliphatic rings. The van der Waals surface area contributed by atoms with Crippen molar-refractivity contribution >= 4 is 15.9 Å². The predicted octanol–water partition coefficient (Wildman–Crippen LogP) is 5.68. The molecule has 2 heteroatoms. The third kappa shape index (κ3) is 7.05. The van der Waals surface area contributed by atoms with Crippen LogP contribution in [0.25, 0.3) is 0 Å². The minimum absolute atomic E-state index is 0.760. The summed E-state index contributed by atoms with van der Waals surface area (Å²) in [5, 5.41) is 0. The zero-order valence-electron chi connectivity index (χ0n) is 11.8. The molecule has 1 unspecified atom stereocenters. The van der Waals surface area contributed by atoms with Gasteiger partial charge in [-0.3, -0.25) is 0 Å². The van der Waals surface area contributed by atoms with Crippen molar-refractivity contribution < 1.29 is 4.74 Å². The highest BCUT2D eigenvalue weighted by atomic mass is 79.9. The summed E-state index contributed by atoms with van der Waals surface area (Å²) in [5.74, 6) is 2.55. The van der Waals surface area contributed by atoms with Crippen LogP contribution in [0.4, 0.5) is 0 Å². The SMILES string of the molecule is CC(C)CCCC(C)CCOc1cccc(Br)c1. The molecule has 0 fully saturated rings. The second kappa shape index (κ2) is 8.58. The van der Waals surface area contributed by atoms with E-state index < -0.39 is 0 Å². The lowest BCUT2D eigenvalue weighted by atomic mass is 9.98. The molecule has 0 bridgehead atoms. The number of benzene rings is 1. The first-order chi connectivity index (χ1) is 8.58. The molecule has 18 heavy (non-hydrogen) atoms. The number of halogens is 1. The standard InChI is InChI=1S/C16H25BrO/c1-13(2)6-4-7-14(3)10-11-18-16-9-5-8-15(17)12-16/h5,8-9,12-14H,4,6-7,10-11H2,1-3H3. The summed E-state index contributed by atoms with van der Waals surface area (Å²) in [4.78, 5) is 0. The van der Waals surface area contributed by atoms with Gasteiger partial charge in [0.25, 0.3) is 0 Å². The molecule has 1 atom stereocenters. The highest BCUT2D eigenvalue weighted by Crippen LogP contribution is 2.19. The van der Waals surface area contributed by atoms with E-state index in [1.165, 1.54) is 19.3 Å². The van der Waals surface area contributed by atoms with Crippen molar-refractivity contribution in [2.24, 2.45) is 11.8 Å². The molecule has 0 radical (unpaired) electrons. The first kappa shape index (κ1) is 15.6.